The zero-order valence-corrected chi connectivity index (χ0v) is 17.1. The summed E-state index contributed by atoms with van der Waals surface area (Å²) in [5, 5.41) is 7.41. The molecule has 0 bridgehead atoms. The molecule has 0 saturated heterocycles. The first-order valence-electron chi connectivity index (χ1n) is 9.54. The number of carbonyl (C=O) groups is 1. The van der Waals surface area contributed by atoms with Crippen molar-refractivity contribution in [2.75, 3.05) is 5.32 Å². The van der Waals surface area contributed by atoms with Crippen LogP contribution in [-0.2, 0) is 12.8 Å². The van der Waals surface area contributed by atoms with Gasteiger partial charge in [-0.25, -0.2) is 4.98 Å². The highest BCUT2D eigenvalue weighted by molar-refractivity contribution is 7.15. The van der Waals surface area contributed by atoms with Gasteiger partial charge in [0.1, 0.15) is 5.75 Å². The van der Waals surface area contributed by atoms with E-state index in [-0.39, 0.29) is 17.7 Å². The molecule has 1 N–H and O–H groups in total. The van der Waals surface area contributed by atoms with Gasteiger partial charge in [-0.2, -0.15) is 0 Å². The lowest BCUT2D eigenvalue weighted by molar-refractivity contribution is 0.101. The number of fused-ring (bicyclic) bond motifs is 1. The van der Waals surface area contributed by atoms with Gasteiger partial charge in [0.25, 0.3) is 5.91 Å². The summed E-state index contributed by atoms with van der Waals surface area (Å²) < 4.78 is 11.2. The molecule has 1 aliphatic rings. The Hall–Kier alpha value is -2.67. The standard InChI is InChI=1S/C21H23N3O3S/c1-12(2)26-17-9-8-14(10-13(17)3)18-11-16(24-27-18)20(25)23-21-22-15-6-4-5-7-19(15)28-21/h8-12H,4-7H2,1-3H3,(H,22,23,25). The molecule has 0 fully saturated rings. The molecule has 0 spiro atoms. The average molecular weight is 398 g/mol. The van der Waals surface area contributed by atoms with Crippen LogP contribution in [-0.4, -0.2) is 22.2 Å². The lowest BCUT2D eigenvalue weighted by atomic mass is 10.0. The Labute approximate surface area is 167 Å². The number of benzene rings is 1. The number of nitrogens with zero attached hydrogens (tertiary/aromatic N) is 2. The van der Waals surface area contributed by atoms with Gasteiger partial charge in [-0.1, -0.05) is 5.16 Å². The molecule has 0 atom stereocenters. The van der Waals surface area contributed by atoms with Gasteiger partial charge in [0, 0.05) is 16.5 Å². The van der Waals surface area contributed by atoms with E-state index in [1.165, 1.54) is 11.3 Å². The number of rotatable bonds is 5. The summed E-state index contributed by atoms with van der Waals surface area (Å²) in [6.45, 7) is 5.97. The second-order valence-electron chi connectivity index (χ2n) is 7.27. The number of aryl methyl sites for hydroxylation is 3. The summed E-state index contributed by atoms with van der Waals surface area (Å²) in [5.41, 5.74) is 3.21. The van der Waals surface area contributed by atoms with Gasteiger partial charge < -0.3 is 9.26 Å². The first kappa shape index (κ1) is 18.7. The van der Waals surface area contributed by atoms with Crippen LogP contribution in [0.25, 0.3) is 11.3 Å². The van der Waals surface area contributed by atoms with E-state index >= 15 is 0 Å². The molecule has 0 radical (unpaired) electrons. The van der Waals surface area contributed by atoms with Crippen molar-refractivity contribution in [2.45, 2.75) is 52.6 Å². The van der Waals surface area contributed by atoms with E-state index < -0.39 is 0 Å². The quantitative estimate of drug-likeness (QED) is 0.654. The molecule has 6 nitrogen and oxygen atoms in total. The molecule has 1 aliphatic carbocycles. The van der Waals surface area contributed by atoms with Crippen molar-refractivity contribution in [1.82, 2.24) is 10.1 Å². The average Bonchev–Trinajstić information content (AvgIpc) is 3.29. The highest BCUT2D eigenvalue weighted by Gasteiger charge is 2.19. The summed E-state index contributed by atoms with van der Waals surface area (Å²) in [5.74, 6) is 1.07. The predicted octanol–water partition coefficient (Wildman–Crippen LogP) is 5.02. The molecule has 0 unspecified atom stereocenters. The Morgan fingerprint density at radius 1 is 1.25 bits per heavy atom. The molecule has 2 aromatic heterocycles. The van der Waals surface area contributed by atoms with E-state index in [2.05, 4.69) is 15.5 Å². The summed E-state index contributed by atoms with van der Waals surface area (Å²) in [6.07, 6.45) is 4.51. The molecule has 4 rings (SSSR count). The SMILES string of the molecule is Cc1cc(-c2cc(C(=O)Nc3nc4c(s3)CCCC4)no2)ccc1OC(C)C. The summed E-state index contributed by atoms with van der Waals surface area (Å²) >= 11 is 1.55. The Morgan fingerprint density at radius 3 is 2.82 bits per heavy atom. The van der Waals surface area contributed by atoms with Gasteiger partial charge in [0.2, 0.25) is 0 Å². The second kappa shape index (κ2) is 7.75. The summed E-state index contributed by atoms with van der Waals surface area (Å²) in [6, 6.07) is 7.43. The number of amides is 1. The van der Waals surface area contributed by atoms with E-state index in [1.54, 1.807) is 17.4 Å². The minimum atomic E-state index is -0.308. The van der Waals surface area contributed by atoms with Gasteiger partial charge in [-0.3, -0.25) is 10.1 Å². The lowest BCUT2D eigenvalue weighted by Crippen LogP contribution is -2.12. The zero-order valence-electron chi connectivity index (χ0n) is 16.2. The maximum Gasteiger partial charge on any atom is 0.279 e. The van der Waals surface area contributed by atoms with Gasteiger partial charge in [-0.05, 0) is 70.2 Å². The molecule has 28 heavy (non-hydrogen) atoms. The topological polar surface area (TPSA) is 77.3 Å². The van der Waals surface area contributed by atoms with Crippen molar-refractivity contribution in [3.63, 3.8) is 0 Å². The maximum absolute atomic E-state index is 12.5. The van der Waals surface area contributed by atoms with Crippen molar-refractivity contribution in [2.24, 2.45) is 0 Å². The summed E-state index contributed by atoms with van der Waals surface area (Å²) in [7, 11) is 0. The van der Waals surface area contributed by atoms with E-state index in [9.17, 15) is 4.79 Å². The van der Waals surface area contributed by atoms with Crippen LogP contribution in [0.5, 0.6) is 5.75 Å². The molecule has 1 amide bonds. The van der Waals surface area contributed by atoms with E-state index in [0.29, 0.717) is 10.9 Å². The maximum atomic E-state index is 12.5. The fourth-order valence-electron chi connectivity index (χ4n) is 3.27. The summed E-state index contributed by atoms with van der Waals surface area (Å²) in [4.78, 5) is 18.3. The third-order valence-electron chi connectivity index (χ3n) is 4.63. The first-order valence-corrected chi connectivity index (χ1v) is 10.4. The number of thiazole rings is 1. The van der Waals surface area contributed by atoms with Crippen molar-refractivity contribution >= 4 is 22.4 Å². The minimum absolute atomic E-state index is 0.113. The Kier molecular flexibility index (Phi) is 5.17. The van der Waals surface area contributed by atoms with Crippen LogP contribution in [0, 0.1) is 6.92 Å². The molecule has 0 aliphatic heterocycles. The fraction of sp³-hybridized carbons (Fsp3) is 0.381. The molecular weight excluding hydrogens is 374 g/mol. The van der Waals surface area contributed by atoms with Crippen LogP contribution in [0.1, 0.15) is 53.3 Å². The lowest BCUT2D eigenvalue weighted by Gasteiger charge is -2.12. The Bertz CT molecular complexity index is 983. The molecule has 3 aromatic rings. The van der Waals surface area contributed by atoms with Crippen LogP contribution in [0.3, 0.4) is 0 Å². The Morgan fingerprint density at radius 2 is 2.07 bits per heavy atom. The smallest absolute Gasteiger partial charge is 0.279 e. The van der Waals surface area contributed by atoms with E-state index in [1.807, 2.05) is 39.0 Å². The van der Waals surface area contributed by atoms with Crippen molar-refractivity contribution in [1.29, 1.82) is 0 Å². The van der Waals surface area contributed by atoms with Gasteiger partial charge in [0.15, 0.2) is 16.6 Å². The largest absolute Gasteiger partial charge is 0.491 e. The van der Waals surface area contributed by atoms with Gasteiger partial charge in [0.05, 0.1) is 11.8 Å². The van der Waals surface area contributed by atoms with Gasteiger partial charge in [-0.15, -0.1) is 11.3 Å². The molecule has 1 aromatic carbocycles. The molecule has 146 valence electrons. The van der Waals surface area contributed by atoms with Crippen molar-refractivity contribution < 1.29 is 14.1 Å². The number of carbonyl (C=O) groups excluding carboxylic acids is 1. The van der Waals surface area contributed by atoms with Crippen molar-refractivity contribution in [3.8, 4) is 17.1 Å². The molecule has 7 heteroatoms. The molecule has 2 heterocycles. The third-order valence-corrected chi connectivity index (χ3v) is 5.70. The predicted molar refractivity (Wildman–Crippen MR) is 109 cm³/mol. The van der Waals surface area contributed by atoms with E-state index in [0.717, 1.165) is 41.8 Å². The highest BCUT2D eigenvalue weighted by Crippen LogP contribution is 2.30. The zero-order chi connectivity index (χ0) is 19.7. The first-order chi connectivity index (χ1) is 13.5. The van der Waals surface area contributed by atoms with Crippen molar-refractivity contribution in [3.05, 3.63) is 46.1 Å². The van der Waals surface area contributed by atoms with Crippen LogP contribution < -0.4 is 10.1 Å². The second-order valence-corrected chi connectivity index (χ2v) is 8.36. The van der Waals surface area contributed by atoms with Crippen LogP contribution in [0.15, 0.2) is 28.8 Å². The van der Waals surface area contributed by atoms with Crippen LogP contribution in [0.4, 0.5) is 5.13 Å². The molecule has 0 saturated carbocycles. The van der Waals surface area contributed by atoms with Crippen LogP contribution >= 0.6 is 11.3 Å². The number of nitrogens with one attached hydrogen (secondary N) is 1. The Balaban J connectivity index is 1.48. The minimum Gasteiger partial charge on any atom is -0.491 e. The van der Waals surface area contributed by atoms with E-state index in [4.69, 9.17) is 9.26 Å². The number of anilines is 1. The fourth-order valence-corrected chi connectivity index (χ4v) is 4.32. The monoisotopic (exact) mass is 397 g/mol. The number of aromatic nitrogens is 2. The number of hydrogen-bond donors (Lipinski definition) is 1. The third kappa shape index (κ3) is 3.94. The number of ether oxygens (including phenoxy) is 1. The van der Waals surface area contributed by atoms with Crippen LogP contribution in [0.2, 0.25) is 0 Å². The number of hydrogen-bond acceptors (Lipinski definition) is 6. The normalized spacial score (nSPS) is 13.4. The highest BCUT2D eigenvalue weighted by atomic mass is 32.1. The van der Waals surface area contributed by atoms with Gasteiger partial charge >= 0.3 is 0 Å². The molecular formula is C21H23N3O3S.